The van der Waals surface area contributed by atoms with Gasteiger partial charge in [0.25, 0.3) is 0 Å². The summed E-state index contributed by atoms with van der Waals surface area (Å²) in [6.45, 7) is 6.41. The highest BCUT2D eigenvalue weighted by Crippen LogP contribution is 2.27. The normalized spacial score (nSPS) is 11.3. The minimum Gasteiger partial charge on any atom is -0.383 e. The molecule has 1 aromatic carbocycles. The molecule has 0 radical (unpaired) electrons. The highest BCUT2D eigenvalue weighted by atomic mass is 32.2. The van der Waals surface area contributed by atoms with Crippen LogP contribution in [-0.4, -0.2) is 57.3 Å². The van der Waals surface area contributed by atoms with E-state index in [9.17, 15) is 18.0 Å². The zero-order valence-electron chi connectivity index (χ0n) is 16.0. The first-order chi connectivity index (χ1) is 12.8. The largest absolute Gasteiger partial charge is 0.383 e. The van der Waals surface area contributed by atoms with Crippen molar-refractivity contribution in [3.63, 3.8) is 0 Å². The maximum Gasteiger partial charge on any atom is 0.243 e. The van der Waals surface area contributed by atoms with Crippen molar-refractivity contribution in [2.45, 2.75) is 32.1 Å². The highest BCUT2D eigenvalue weighted by Gasteiger charge is 2.23. The van der Waals surface area contributed by atoms with Crippen LogP contribution in [0, 0.1) is 0 Å². The van der Waals surface area contributed by atoms with Gasteiger partial charge in [0, 0.05) is 19.6 Å². The molecule has 5 N–H and O–H groups in total. The number of carbonyl (C=O) groups is 2. The van der Waals surface area contributed by atoms with Crippen molar-refractivity contribution in [1.82, 2.24) is 9.62 Å². The van der Waals surface area contributed by atoms with Crippen molar-refractivity contribution in [2.75, 3.05) is 43.4 Å². The molecule has 152 valence electrons. The van der Waals surface area contributed by atoms with Gasteiger partial charge in [0.1, 0.15) is 0 Å². The van der Waals surface area contributed by atoms with Crippen molar-refractivity contribution in [2.24, 2.45) is 5.73 Å². The molecule has 0 atom stereocenters. The Kier molecular flexibility index (Phi) is 9.19. The van der Waals surface area contributed by atoms with Gasteiger partial charge in [0.15, 0.2) is 0 Å². The third-order valence-corrected chi connectivity index (χ3v) is 5.85. The number of nitrogens with one attached hydrogen (secondary N) is 3. The number of benzene rings is 1. The van der Waals surface area contributed by atoms with Crippen molar-refractivity contribution in [3.8, 4) is 0 Å². The first-order valence-corrected chi connectivity index (χ1v) is 10.4. The van der Waals surface area contributed by atoms with Gasteiger partial charge >= 0.3 is 0 Å². The number of carbonyl (C=O) groups excluding carboxylic acids is 2. The van der Waals surface area contributed by atoms with Gasteiger partial charge in [-0.3, -0.25) is 9.59 Å². The molecule has 0 aliphatic carbocycles. The fraction of sp³-hybridized carbons (Fsp3) is 0.529. The lowest BCUT2D eigenvalue weighted by atomic mass is 10.2. The second-order valence-corrected chi connectivity index (χ2v) is 7.69. The van der Waals surface area contributed by atoms with Crippen LogP contribution in [0.2, 0.25) is 0 Å². The first-order valence-electron chi connectivity index (χ1n) is 8.94. The molecule has 27 heavy (non-hydrogen) atoms. The molecule has 0 unspecified atom stereocenters. The van der Waals surface area contributed by atoms with Crippen LogP contribution in [0.25, 0.3) is 0 Å². The Morgan fingerprint density at radius 1 is 1.07 bits per heavy atom. The number of nitrogens with zero attached hydrogens (tertiary/aromatic N) is 1. The summed E-state index contributed by atoms with van der Waals surface area (Å²) >= 11 is 0. The molecule has 2 amide bonds. The summed E-state index contributed by atoms with van der Waals surface area (Å²) in [4.78, 5) is 23.4. The average molecular weight is 400 g/mol. The van der Waals surface area contributed by atoms with Crippen molar-refractivity contribution in [1.29, 1.82) is 0 Å². The Morgan fingerprint density at radius 2 is 1.74 bits per heavy atom. The number of nitrogens with two attached hydrogens (primary N) is 1. The van der Waals surface area contributed by atoms with Crippen LogP contribution in [0.4, 0.5) is 11.4 Å². The van der Waals surface area contributed by atoms with E-state index in [0.29, 0.717) is 31.0 Å². The Morgan fingerprint density at radius 3 is 2.30 bits per heavy atom. The average Bonchev–Trinajstić information content (AvgIpc) is 2.65. The summed E-state index contributed by atoms with van der Waals surface area (Å²) < 4.78 is 26.8. The predicted molar refractivity (Wildman–Crippen MR) is 106 cm³/mol. The molecular weight excluding hydrogens is 370 g/mol. The standard InChI is InChI=1S/C17H29N5O4S/c1-4-9-19-14-8-7-13(27(25,26)22(5-2)6-3)10-15(14)21-17(24)12-20-16(23)11-18/h7-8,10,19H,4-6,9,11-12,18H2,1-3H3,(H,20,23)(H,21,24). The quantitative estimate of drug-likeness (QED) is 0.429. The number of hydrogen-bond acceptors (Lipinski definition) is 6. The van der Waals surface area contributed by atoms with Crippen molar-refractivity contribution in [3.05, 3.63) is 18.2 Å². The second-order valence-electron chi connectivity index (χ2n) is 5.75. The Labute approximate surface area is 160 Å². The molecule has 0 aliphatic heterocycles. The first kappa shape index (κ1) is 22.9. The van der Waals surface area contributed by atoms with Crippen LogP contribution in [0.15, 0.2) is 23.1 Å². The van der Waals surface area contributed by atoms with E-state index < -0.39 is 21.8 Å². The van der Waals surface area contributed by atoms with E-state index in [1.54, 1.807) is 19.9 Å². The van der Waals surface area contributed by atoms with E-state index in [-0.39, 0.29) is 18.0 Å². The second kappa shape index (κ2) is 10.9. The van der Waals surface area contributed by atoms with Crippen LogP contribution in [0.1, 0.15) is 27.2 Å². The van der Waals surface area contributed by atoms with E-state index >= 15 is 0 Å². The van der Waals surface area contributed by atoms with Crippen LogP contribution in [-0.2, 0) is 19.6 Å². The minimum atomic E-state index is -3.66. The van der Waals surface area contributed by atoms with Crippen LogP contribution >= 0.6 is 0 Å². The molecule has 1 rings (SSSR count). The fourth-order valence-corrected chi connectivity index (χ4v) is 3.84. The third-order valence-electron chi connectivity index (χ3n) is 3.81. The zero-order valence-corrected chi connectivity index (χ0v) is 16.9. The number of sulfonamides is 1. The van der Waals surface area contributed by atoms with Gasteiger partial charge in [0.2, 0.25) is 21.8 Å². The molecule has 0 bridgehead atoms. The number of amides is 2. The van der Waals surface area contributed by atoms with Gasteiger partial charge in [-0.05, 0) is 24.6 Å². The van der Waals surface area contributed by atoms with Crippen LogP contribution < -0.4 is 21.7 Å². The molecule has 0 saturated carbocycles. The van der Waals surface area contributed by atoms with Crippen molar-refractivity contribution >= 4 is 33.2 Å². The molecule has 0 heterocycles. The van der Waals surface area contributed by atoms with Gasteiger partial charge in [-0.2, -0.15) is 4.31 Å². The maximum atomic E-state index is 12.7. The smallest absolute Gasteiger partial charge is 0.243 e. The molecule has 1 aromatic rings. The molecule has 0 aromatic heterocycles. The van der Waals surface area contributed by atoms with E-state index in [1.807, 2.05) is 6.92 Å². The van der Waals surface area contributed by atoms with Gasteiger partial charge in [-0.1, -0.05) is 20.8 Å². The molecule has 0 aliphatic rings. The Balaban J connectivity index is 3.13. The minimum absolute atomic E-state index is 0.0922. The number of rotatable bonds is 11. The fourth-order valence-electron chi connectivity index (χ4n) is 2.36. The SMILES string of the molecule is CCCNc1ccc(S(=O)(=O)N(CC)CC)cc1NC(=O)CNC(=O)CN. The van der Waals surface area contributed by atoms with Crippen LogP contribution in [0.3, 0.4) is 0 Å². The van der Waals surface area contributed by atoms with Gasteiger partial charge < -0.3 is 21.7 Å². The summed E-state index contributed by atoms with van der Waals surface area (Å²) in [5.74, 6) is -0.930. The van der Waals surface area contributed by atoms with Crippen molar-refractivity contribution < 1.29 is 18.0 Å². The topological polar surface area (TPSA) is 134 Å². The third kappa shape index (κ3) is 6.49. The Bertz CT molecular complexity index is 748. The van der Waals surface area contributed by atoms with Gasteiger partial charge in [-0.15, -0.1) is 0 Å². The summed E-state index contributed by atoms with van der Waals surface area (Å²) in [5, 5.41) is 8.17. The number of anilines is 2. The van der Waals surface area contributed by atoms with E-state index in [2.05, 4.69) is 16.0 Å². The van der Waals surface area contributed by atoms with E-state index in [0.717, 1.165) is 6.42 Å². The summed E-state index contributed by atoms with van der Waals surface area (Å²) in [6.07, 6.45) is 0.861. The number of hydrogen-bond donors (Lipinski definition) is 4. The van der Waals surface area contributed by atoms with E-state index in [1.165, 1.54) is 16.4 Å². The lowest BCUT2D eigenvalue weighted by molar-refractivity contribution is -0.123. The molecule has 0 saturated heterocycles. The molecule has 0 spiro atoms. The molecular formula is C17H29N5O4S. The molecule has 0 fully saturated rings. The summed E-state index contributed by atoms with van der Waals surface area (Å²) in [5.41, 5.74) is 6.13. The monoisotopic (exact) mass is 399 g/mol. The highest BCUT2D eigenvalue weighted by molar-refractivity contribution is 7.89. The molecule has 9 nitrogen and oxygen atoms in total. The Hall–Kier alpha value is -2.17. The summed E-state index contributed by atoms with van der Waals surface area (Å²) in [7, 11) is -3.66. The van der Waals surface area contributed by atoms with Gasteiger partial charge in [-0.25, -0.2) is 8.42 Å². The maximum absolute atomic E-state index is 12.7. The lowest BCUT2D eigenvalue weighted by Gasteiger charge is -2.20. The van der Waals surface area contributed by atoms with Crippen LogP contribution in [0.5, 0.6) is 0 Å². The summed E-state index contributed by atoms with van der Waals surface area (Å²) in [6, 6.07) is 4.56. The van der Waals surface area contributed by atoms with Gasteiger partial charge in [0.05, 0.1) is 29.4 Å². The molecule has 10 heteroatoms. The lowest BCUT2D eigenvalue weighted by Crippen LogP contribution is -2.36. The zero-order chi connectivity index (χ0) is 20.4. The van der Waals surface area contributed by atoms with E-state index in [4.69, 9.17) is 5.73 Å². The predicted octanol–water partition coefficient (Wildman–Crippen LogP) is 0.552.